The predicted molar refractivity (Wildman–Crippen MR) is 156 cm³/mol. The van der Waals surface area contributed by atoms with Gasteiger partial charge in [0.15, 0.2) is 11.5 Å². The van der Waals surface area contributed by atoms with Gasteiger partial charge in [0.2, 0.25) is 5.91 Å². The molecule has 2 aromatic rings. The molecule has 1 N–H and O–H groups in total. The number of methoxy groups -OCH3 is 1. The van der Waals surface area contributed by atoms with Crippen molar-refractivity contribution < 1.29 is 23.8 Å². The van der Waals surface area contributed by atoms with Gasteiger partial charge >= 0.3 is 0 Å². The highest BCUT2D eigenvalue weighted by Gasteiger charge is 2.40. The minimum Gasteiger partial charge on any atom is -0.493 e. The Hall–Kier alpha value is -3.09. The zero-order chi connectivity index (χ0) is 28.9. The Kier molecular flexibility index (Phi) is 9.75. The summed E-state index contributed by atoms with van der Waals surface area (Å²) < 4.78 is 25.6. The molecule has 2 aliphatic rings. The van der Waals surface area contributed by atoms with Crippen LogP contribution in [0.3, 0.4) is 0 Å². The molecule has 40 heavy (non-hydrogen) atoms. The number of carbonyl (C=O) groups is 1. The van der Waals surface area contributed by atoms with Crippen molar-refractivity contribution in [2.45, 2.75) is 76.7 Å². The fraction of sp³-hybridized carbons (Fsp3) is 0.424. The fourth-order valence-corrected chi connectivity index (χ4v) is 5.93. The molecule has 0 spiro atoms. The summed E-state index contributed by atoms with van der Waals surface area (Å²) in [7, 11) is 1.59. The van der Waals surface area contributed by atoms with E-state index in [1.807, 2.05) is 61.2 Å². The van der Waals surface area contributed by atoms with Crippen molar-refractivity contribution >= 4 is 17.5 Å². The Bertz CT molecular complexity index is 1260. The molecule has 0 bridgehead atoms. The zero-order valence-corrected chi connectivity index (χ0v) is 24.4. The van der Waals surface area contributed by atoms with Crippen LogP contribution in [0.15, 0.2) is 84.4 Å². The number of rotatable bonds is 7. The third-order valence-corrected chi connectivity index (χ3v) is 8.16. The Balaban J connectivity index is 1.66. The molecule has 0 aromatic heterocycles. The van der Waals surface area contributed by atoms with Crippen molar-refractivity contribution in [2.24, 2.45) is 5.92 Å². The van der Waals surface area contributed by atoms with E-state index in [2.05, 4.69) is 0 Å². The number of hydrogen-bond donors (Lipinski definition) is 1. The molecular formula is C33H39ClFNO4. The number of allylic oxidation sites excluding steroid dienone is 2. The molecule has 214 valence electrons. The number of halogens is 2. The molecular weight excluding hydrogens is 529 g/mol. The maximum absolute atomic E-state index is 13.9. The van der Waals surface area contributed by atoms with Crippen molar-refractivity contribution in [2.75, 3.05) is 7.11 Å². The Morgan fingerprint density at radius 2 is 1.75 bits per heavy atom. The standard InChI is InChI=1S/C33H39ClFNO4/c1-22(2)40-31-20-19-29(23-11-15-26(34)16-12-23)36(32(37)10-6-9-30(31)39-4)28-17-13-24(14-18-28)33(3,38)25-7-5-8-27(35)21-25/h5-9,11-12,15-16,19-22,24,28-29,38H,10,13-14,17-18H2,1-4H3/b9-6?,20-19+,31-30?. The first-order valence-electron chi connectivity index (χ1n) is 13.9. The van der Waals surface area contributed by atoms with Crippen LogP contribution < -0.4 is 0 Å². The van der Waals surface area contributed by atoms with Crippen molar-refractivity contribution in [3.05, 3.63) is 106 Å². The van der Waals surface area contributed by atoms with E-state index in [0.29, 0.717) is 34.9 Å². The average molecular weight is 568 g/mol. The molecule has 7 heteroatoms. The van der Waals surface area contributed by atoms with Gasteiger partial charge in [-0.2, -0.15) is 0 Å². The lowest BCUT2D eigenvalue weighted by Crippen LogP contribution is -2.46. The normalized spacial score (nSPS) is 24.6. The van der Waals surface area contributed by atoms with E-state index in [0.717, 1.165) is 18.4 Å². The van der Waals surface area contributed by atoms with Gasteiger partial charge in [-0.15, -0.1) is 0 Å². The summed E-state index contributed by atoms with van der Waals surface area (Å²) in [6.07, 6.45) is 10.5. The molecule has 0 saturated heterocycles. The molecule has 1 amide bonds. The van der Waals surface area contributed by atoms with Crippen LogP contribution in [0.5, 0.6) is 0 Å². The first-order chi connectivity index (χ1) is 19.1. The maximum Gasteiger partial charge on any atom is 0.227 e. The van der Waals surface area contributed by atoms with E-state index < -0.39 is 5.60 Å². The van der Waals surface area contributed by atoms with Gasteiger partial charge in [-0.25, -0.2) is 4.39 Å². The van der Waals surface area contributed by atoms with Gasteiger partial charge in [-0.1, -0.05) is 48.0 Å². The predicted octanol–water partition coefficient (Wildman–Crippen LogP) is 7.61. The average Bonchev–Trinajstić information content (AvgIpc) is 2.93. The largest absolute Gasteiger partial charge is 0.493 e. The number of hydrogen-bond acceptors (Lipinski definition) is 4. The molecule has 0 radical (unpaired) electrons. The van der Waals surface area contributed by atoms with Crippen LogP contribution in [-0.2, 0) is 19.9 Å². The Labute approximate surface area is 241 Å². The lowest BCUT2D eigenvalue weighted by atomic mass is 9.72. The maximum atomic E-state index is 13.9. The first kappa shape index (κ1) is 29.9. The van der Waals surface area contributed by atoms with Crippen LogP contribution in [-0.4, -0.2) is 35.2 Å². The summed E-state index contributed by atoms with van der Waals surface area (Å²) in [5.74, 6) is 0.744. The zero-order valence-electron chi connectivity index (χ0n) is 23.6. The van der Waals surface area contributed by atoms with Crippen LogP contribution in [0, 0.1) is 11.7 Å². The van der Waals surface area contributed by atoms with Crippen LogP contribution in [0.1, 0.15) is 70.0 Å². The molecule has 2 aromatic carbocycles. The summed E-state index contributed by atoms with van der Waals surface area (Å²) in [6.45, 7) is 5.68. The van der Waals surface area contributed by atoms with Crippen LogP contribution >= 0.6 is 11.6 Å². The lowest BCUT2D eigenvalue weighted by Gasteiger charge is -2.44. The number of amides is 1. The molecule has 1 aliphatic carbocycles. The second-order valence-electron chi connectivity index (χ2n) is 11.0. The summed E-state index contributed by atoms with van der Waals surface area (Å²) in [5, 5.41) is 12.1. The highest BCUT2D eigenvalue weighted by molar-refractivity contribution is 6.30. The molecule has 5 nitrogen and oxygen atoms in total. The molecule has 2 atom stereocenters. The van der Waals surface area contributed by atoms with E-state index in [1.54, 1.807) is 32.2 Å². The molecule has 1 heterocycles. The first-order valence-corrected chi connectivity index (χ1v) is 14.3. The number of aliphatic hydroxyl groups is 1. The molecule has 1 saturated carbocycles. The van der Waals surface area contributed by atoms with Gasteiger partial charge in [-0.05, 0) is 99.9 Å². The fourth-order valence-electron chi connectivity index (χ4n) is 5.80. The molecule has 2 unspecified atom stereocenters. The van der Waals surface area contributed by atoms with E-state index >= 15 is 0 Å². The van der Waals surface area contributed by atoms with E-state index in [-0.39, 0.29) is 42.3 Å². The van der Waals surface area contributed by atoms with Crippen molar-refractivity contribution in [1.82, 2.24) is 4.90 Å². The van der Waals surface area contributed by atoms with Gasteiger partial charge < -0.3 is 19.5 Å². The molecule has 1 fully saturated rings. The Morgan fingerprint density at radius 1 is 1.05 bits per heavy atom. The van der Waals surface area contributed by atoms with Crippen molar-refractivity contribution in [3.8, 4) is 0 Å². The minimum atomic E-state index is -1.16. The van der Waals surface area contributed by atoms with Crippen LogP contribution in [0.4, 0.5) is 4.39 Å². The topological polar surface area (TPSA) is 59.0 Å². The van der Waals surface area contributed by atoms with Crippen LogP contribution in [0.2, 0.25) is 5.02 Å². The van der Waals surface area contributed by atoms with E-state index in [9.17, 15) is 14.3 Å². The monoisotopic (exact) mass is 567 g/mol. The highest BCUT2D eigenvalue weighted by atomic mass is 35.5. The van der Waals surface area contributed by atoms with Gasteiger partial charge in [0.25, 0.3) is 0 Å². The van der Waals surface area contributed by atoms with Crippen LogP contribution in [0.25, 0.3) is 0 Å². The van der Waals surface area contributed by atoms with Gasteiger partial charge in [0, 0.05) is 17.5 Å². The van der Waals surface area contributed by atoms with E-state index in [1.165, 1.54) is 12.1 Å². The minimum absolute atomic E-state index is 0.00451. The van der Waals surface area contributed by atoms with Crippen molar-refractivity contribution in [1.29, 1.82) is 0 Å². The number of benzene rings is 2. The number of ether oxygens (including phenoxy) is 2. The Morgan fingerprint density at radius 3 is 2.38 bits per heavy atom. The van der Waals surface area contributed by atoms with Gasteiger partial charge in [0.1, 0.15) is 5.82 Å². The third-order valence-electron chi connectivity index (χ3n) is 7.91. The highest BCUT2D eigenvalue weighted by Crippen LogP contribution is 2.42. The number of carbonyl (C=O) groups excluding carboxylic acids is 1. The smallest absolute Gasteiger partial charge is 0.227 e. The van der Waals surface area contributed by atoms with E-state index in [4.69, 9.17) is 21.1 Å². The quantitative estimate of drug-likeness (QED) is 0.374. The summed E-state index contributed by atoms with van der Waals surface area (Å²) >= 11 is 6.21. The molecule has 4 rings (SSSR count). The SMILES string of the molecule is COC1=C(OC(C)C)/C=C/C(c2ccc(Cl)cc2)N(C2CCC(C(C)(O)c3cccc(F)c3)CC2)C(=O)CC=C1. The number of nitrogens with zero attached hydrogens (tertiary/aromatic N) is 1. The summed E-state index contributed by atoms with van der Waals surface area (Å²) in [4.78, 5) is 15.8. The second-order valence-corrected chi connectivity index (χ2v) is 11.5. The van der Waals surface area contributed by atoms with Gasteiger partial charge in [0.05, 0.1) is 24.9 Å². The lowest BCUT2D eigenvalue weighted by molar-refractivity contribution is -0.136. The summed E-state index contributed by atoms with van der Waals surface area (Å²) in [5.41, 5.74) is 0.359. The van der Waals surface area contributed by atoms with Gasteiger partial charge in [-0.3, -0.25) is 4.79 Å². The summed E-state index contributed by atoms with van der Waals surface area (Å²) in [6, 6.07) is 13.4. The second kappa shape index (κ2) is 13.0. The third kappa shape index (κ3) is 6.97. The van der Waals surface area contributed by atoms with Crippen molar-refractivity contribution in [3.63, 3.8) is 0 Å². The molecule has 1 aliphatic heterocycles.